The maximum atomic E-state index is 11.1. The van der Waals surface area contributed by atoms with Gasteiger partial charge in [-0.1, -0.05) is 0 Å². The molecule has 12 heteroatoms. The molecule has 9 nitrogen and oxygen atoms in total. The third-order valence-electron chi connectivity index (χ3n) is 1.12. The molecule has 0 aliphatic heterocycles. The summed E-state index contributed by atoms with van der Waals surface area (Å²) in [7, 11) is -17.5. The summed E-state index contributed by atoms with van der Waals surface area (Å²) >= 11 is 0. The van der Waals surface area contributed by atoms with E-state index in [1.165, 1.54) is 0 Å². The van der Waals surface area contributed by atoms with Gasteiger partial charge in [0.1, 0.15) is 0 Å². The molecule has 0 amide bonds. The largest absolute Gasteiger partial charge is 0.411 e. The number of hydrogen-bond donors (Lipinski definition) is 3. The van der Waals surface area contributed by atoms with Crippen molar-refractivity contribution in [1.29, 1.82) is 0 Å². The van der Waals surface area contributed by atoms with Crippen LogP contribution in [0.3, 0.4) is 0 Å². The van der Waals surface area contributed by atoms with Crippen LogP contribution in [0.25, 0.3) is 0 Å². The standard InChI is InChI=1S/C2H8O9S3/c1-2-14(9,10,13(6,7)8)11-12(3,4)5/h2H2,1H3,(H,9,10)(H,3,4,5)(H,6,7,8). The summed E-state index contributed by atoms with van der Waals surface area (Å²) in [6.45, 7) is 0.772. The van der Waals surface area contributed by atoms with Gasteiger partial charge in [0.25, 0.3) is 0 Å². The molecule has 14 heavy (non-hydrogen) atoms. The molecule has 0 saturated heterocycles. The Morgan fingerprint density at radius 1 is 1.21 bits per heavy atom. The lowest BCUT2D eigenvalue weighted by Crippen LogP contribution is -2.46. The summed E-state index contributed by atoms with van der Waals surface area (Å²) in [6, 6.07) is 0. The van der Waals surface area contributed by atoms with Gasteiger partial charge in [-0.3, -0.25) is 13.7 Å². The van der Waals surface area contributed by atoms with Crippen molar-refractivity contribution in [2.24, 2.45) is 0 Å². The van der Waals surface area contributed by atoms with Crippen LogP contribution in [0.15, 0.2) is 0 Å². The highest BCUT2D eigenvalue weighted by Gasteiger charge is 2.50. The van der Waals surface area contributed by atoms with Crippen molar-refractivity contribution < 1.29 is 38.3 Å². The van der Waals surface area contributed by atoms with Gasteiger partial charge in [0, 0.05) is 0 Å². The molecule has 88 valence electrons. The lowest BCUT2D eigenvalue weighted by Gasteiger charge is -2.28. The van der Waals surface area contributed by atoms with E-state index in [4.69, 9.17) is 13.7 Å². The minimum absolute atomic E-state index is 0.772. The van der Waals surface area contributed by atoms with E-state index in [2.05, 4.69) is 3.63 Å². The Bertz CT molecular complexity index is 480. The van der Waals surface area contributed by atoms with Crippen molar-refractivity contribution in [3.63, 3.8) is 0 Å². The topological polar surface area (TPSA) is 155 Å². The molecule has 0 bridgehead atoms. The van der Waals surface area contributed by atoms with E-state index >= 15 is 0 Å². The predicted octanol–water partition coefficient (Wildman–Crippen LogP) is -1.16. The van der Waals surface area contributed by atoms with Crippen molar-refractivity contribution >= 4 is 28.2 Å². The fourth-order valence-electron chi connectivity index (χ4n) is 0.402. The molecule has 0 aromatic carbocycles. The summed E-state index contributed by atoms with van der Waals surface area (Å²) in [6.07, 6.45) is 0. The lowest BCUT2D eigenvalue weighted by atomic mass is 11.0. The summed E-state index contributed by atoms with van der Waals surface area (Å²) in [5, 5.41) is 0. The van der Waals surface area contributed by atoms with Crippen molar-refractivity contribution in [1.82, 2.24) is 0 Å². The van der Waals surface area contributed by atoms with Gasteiger partial charge < -0.3 is 0 Å². The van der Waals surface area contributed by atoms with E-state index in [1.807, 2.05) is 0 Å². The van der Waals surface area contributed by atoms with Crippen LogP contribution in [0, 0.1) is 0 Å². The van der Waals surface area contributed by atoms with Crippen LogP contribution in [0.2, 0.25) is 0 Å². The van der Waals surface area contributed by atoms with E-state index in [9.17, 15) is 21.0 Å². The van der Waals surface area contributed by atoms with Gasteiger partial charge in [-0.15, -0.1) is 3.63 Å². The molecular weight excluding hydrogens is 264 g/mol. The molecule has 0 radical (unpaired) electrons. The van der Waals surface area contributed by atoms with Gasteiger partial charge in [0.15, 0.2) is 0 Å². The fraction of sp³-hybridized carbons (Fsp3) is 1.00. The van der Waals surface area contributed by atoms with E-state index in [-0.39, 0.29) is 0 Å². The average Bonchev–Trinajstić information content (AvgIpc) is 1.80. The SMILES string of the molecule is CCS(=O)(O)(OS(=O)(=O)O)S(=O)(=O)O. The molecule has 0 unspecified atom stereocenters. The molecule has 0 aliphatic carbocycles. The number of rotatable bonds is 4. The third-order valence-corrected chi connectivity index (χ3v) is 8.37. The Balaban J connectivity index is 5.78. The lowest BCUT2D eigenvalue weighted by molar-refractivity contribution is 0.351. The molecule has 0 aromatic heterocycles. The molecule has 0 saturated carbocycles. The highest BCUT2D eigenvalue weighted by molar-refractivity contribution is 8.75. The van der Waals surface area contributed by atoms with E-state index < -0.39 is 34.0 Å². The highest BCUT2D eigenvalue weighted by Crippen LogP contribution is 2.30. The van der Waals surface area contributed by atoms with Crippen LogP contribution in [-0.2, 0) is 31.8 Å². The molecule has 0 fully saturated rings. The van der Waals surface area contributed by atoms with Gasteiger partial charge in [-0.2, -0.15) is 16.8 Å². The first kappa shape index (κ1) is 13.9. The molecule has 0 aromatic rings. The minimum atomic E-state index is -6.33. The summed E-state index contributed by atoms with van der Waals surface area (Å²) in [5.74, 6) is -1.25. The molecule has 0 spiro atoms. The van der Waals surface area contributed by atoms with E-state index in [0.717, 1.165) is 6.92 Å². The normalized spacial score (nSPS) is 17.3. The second-order valence-electron chi connectivity index (χ2n) is 2.12. The van der Waals surface area contributed by atoms with Gasteiger partial charge in [0.05, 0.1) is 5.75 Å². The van der Waals surface area contributed by atoms with Gasteiger partial charge in [-0.05, 0) is 6.92 Å². The first-order valence-electron chi connectivity index (χ1n) is 2.88. The second-order valence-corrected chi connectivity index (χ2v) is 10.0. The zero-order valence-electron chi connectivity index (χ0n) is 6.72. The monoisotopic (exact) mass is 272 g/mol. The van der Waals surface area contributed by atoms with Crippen LogP contribution in [0.5, 0.6) is 0 Å². The quantitative estimate of drug-likeness (QED) is 0.424. The van der Waals surface area contributed by atoms with Gasteiger partial charge in [-0.25, -0.2) is 4.21 Å². The zero-order chi connectivity index (χ0) is 11.9. The van der Waals surface area contributed by atoms with Crippen molar-refractivity contribution in [3.8, 4) is 0 Å². The molecule has 0 heterocycles. The van der Waals surface area contributed by atoms with Crippen LogP contribution < -0.4 is 0 Å². The maximum absolute atomic E-state index is 11.1. The maximum Gasteiger partial charge on any atom is 0.411 e. The van der Waals surface area contributed by atoms with Crippen molar-refractivity contribution in [3.05, 3.63) is 0 Å². The Morgan fingerprint density at radius 3 is 1.64 bits per heavy atom. The number of hydrogen-bond acceptors (Lipinski definition) is 6. The molecule has 3 N–H and O–H groups in total. The van der Waals surface area contributed by atoms with Crippen LogP contribution in [0.1, 0.15) is 6.92 Å². The second kappa shape index (κ2) is 3.19. The smallest absolute Gasteiger partial charge is 0.294 e. The third kappa shape index (κ3) is 2.69. The molecule has 0 aliphatic rings. The predicted molar refractivity (Wildman–Crippen MR) is 45.5 cm³/mol. The van der Waals surface area contributed by atoms with E-state index in [1.54, 1.807) is 0 Å². The van der Waals surface area contributed by atoms with Crippen molar-refractivity contribution in [2.75, 3.05) is 5.75 Å². The van der Waals surface area contributed by atoms with Crippen molar-refractivity contribution in [2.45, 2.75) is 6.92 Å². The Kier molecular flexibility index (Phi) is 3.17. The fourth-order valence-corrected chi connectivity index (χ4v) is 4.88. The zero-order valence-corrected chi connectivity index (χ0v) is 9.17. The van der Waals surface area contributed by atoms with Crippen LogP contribution in [-0.4, -0.2) is 40.5 Å². The Morgan fingerprint density at radius 2 is 1.57 bits per heavy atom. The first-order chi connectivity index (χ1) is 5.81. The summed E-state index contributed by atoms with van der Waals surface area (Å²) in [5.41, 5.74) is 0. The summed E-state index contributed by atoms with van der Waals surface area (Å²) < 4.78 is 80.6. The highest BCUT2D eigenvalue weighted by atomic mass is 33.2. The molecular formula is C2H8O9S3. The minimum Gasteiger partial charge on any atom is -0.294 e. The molecule has 0 rings (SSSR count). The average molecular weight is 272 g/mol. The Labute approximate surface area is 79.6 Å². The van der Waals surface area contributed by atoms with Crippen LogP contribution >= 0.6 is 0 Å². The van der Waals surface area contributed by atoms with Gasteiger partial charge >= 0.3 is 19.5 Å². The van der Waals surface area contributed by atoms with Gasteiger partial charge in [0.2, 0.25) is 8.66 Å². The van der Waals surface area contributed by atoms with E-state index in [0.29, 0.717) is 0 Å². The van der Waals surface area contributed by atoms with Crippen LogP contribution in [0.4, 0.5) is 0 Å². The Hall–Kier alpha value is -0.110. The molecule has 0 atom stereocenters. The summed E-state index contributed by atoms with van der Waals surface area (Å²) in [4.78, 5) is 0. The first-order valence-corrected chi connectivity index (χ1v) is 8.22.